The first-order chi connectivity index (χ1) is 16.2. The normalized spacial score (nSPS) is 18.1. The van der Waals surface area contributed by atoms with Crippen LogP contribution in [0.4, 0.5) is 4.79 Å². The maximum absolute atomic E-state index is 13.0. The van der Waals surface area contributed by atoms with Crippen molar-refractivity contribution in [2.45, 2.75) is 77.5 Å². The van der Waals surface area contributed by atoms with Gasteiger partial charge in [-0.25, -0.2) is 13.2 Å². The van der Waals surface area contributed by atoms with Crippen molar-refractivity contribution in [2.24, 2.45) is 5.92 Å². The van der Waals surface area contributed by atoms with Crippen molar-refractivity contribution in [1.29, 1.82) is 0 Å². The smallest absolute Gasteiger partial charge is 0.410 e. The molecule has 2 rings (SSSR count). The Labute approximate surface area is 208 Å². The number of carbonyl (C=O) groups excluding carboxylic acids is 3. The molecule has 1 heterocycles. The number of ether oxygens (including phenoxy) is 2. The van der Waals surface area contributed by atoms with Crippen molar-refractivity contribution in [3.8, 4) is 0 Å². The van der Waals surface area contributed by atoms with Crippen LogP contribution in [0.1, 0.15) is 58.6 Å². The van der Waals surface area contributed by atoms with Gasteiger partial charge >= 0.3 is 6.09 Å². The lowest BCUT2D eigenvalue weighted by Gasteiger charge is -2.34. The number of methoxy groups -OCH3 is 1. The molecule has 2 amide bonds. The molecule has 196 valence electrons. The molecule has 1 fully saturated rings. The summed E-state index contributed by atoms with van der Waals surface area (Å²) in [6.07, 6.45) is 0.297. The number of likely N-dealkylation sites (tertiary alicyclic amines) is 1. The Balaban J connectivity index is 2.03. The number of Topliss-reactive ketones (excluding diaryl/α,β-unsaturated/α-hetero) is 1. The number of ketones is 1. The van der Waals surface area contributed by atoms with Crippen molar-refractivity contribution < 1.29 is 32.3 Å². The van der Waals surface area contributed by atoms with Crippen LogP contribution >= 0.6 is 0 Å². The van der Waals surface area contributed by atoms with Crippen LogP contribution in [0.15, 0.2) is 24.3 Å². The van der Waals surface area contributed by atoms with Gasteiger partial charge in [0.2, 0.25) is 5.91 Å². The summed E-state index contributed by atoms with van der Waals surface area (Å²) >= 11 is 0. The van der Waals surface area contributed by atoms with Crippen LogP contribution in [0.3, 0.4) is 0 Å². The third kappa shape index (κ3) is 8.92. The number of benzene rings is 1. The summed E-state index contributed by atoms with van der Waals surface area (Å²) in [5.74, 6) is -2.19. The summed E-state index contributed by atoms with van der Waals surface area (Å²) < 4.78 is 36.7. The number of nitrogens with zero attached hydrogens (tertiary/aromatic N) is 1. The molecule has 9 nitrogen and oxygen atoms in total. The van der Waals surface area contributed by atoms with Gasteiger partial charge in [-0.1, -0.05) is 31.2 Å². The molecule has 1 aromatic rings. The highest BCUT2D eigenvalue weighted by molar-refractivity contribution is 7.91. The Bertz CT molecular complexity index is 1000. The molecule has 10 heteroatoms. The zero-order valence-corrected chi connectivity index (χ0v) is 22.3. The summed E-state index contributed by atoms with van der Waals surface area (Å²) in [7, 11) is -2.25. The zero-order valence-electron chi connectivity index (χ0n) is 21.5. The first-order valence-electron chi connectivity index (χ1n) is 11.8. The van der Waals surface area contributed by atoms with Crippen molar-refractivity contribution in [3.63, 3.8) is 0 Å². The largest absolute Gasteiger partial charge is 0.444 e. The van der Waals surface area contributed by atoms with E-state index in [-0.39, 0.29) is 17.7 Å². The second-order valence-corrected chi connectivity index (χ2v) is 12.2. The molecular weight excluding hydrogens is 472 g/mol. The number of carbonyl (C=O) groups is 3. The van der Waals surface area contributed by atoms with Gasteiger partial charge in [-0.2, -0.15) is 0 Å². The minimum Gasteiger partial charge on any atom is -0.444 e. The number of nitrogens with one attached hydrogen (secondary N) is 1. The van der Waals surface area contributed by atoms with Gasteiger partial charge in [-0.3, -0.25) is 9.59 Å². The van der Waals surface area contributed by atoms with E-state index in [0.29, 0.717) is 25.1 Å². The van der Waals surface area contributed by atoms with E-state index < -0.39 is 45.1 Å². The third-order valence-electron chi connectivity index (χ3n) is 5.89. The second kappa shape index (κ2) is 12.0. The number of rotatable bonds is 10. The SMILES string of the molecule is CO[C@H]([C@@H](C)C(=O)CS(=O)(=O)Cc1ccc(CNC(C)=O)cc1)[C@@H]1CCCN1C(=O)OC(C)(C)C. The van der Waals surface area contributed by atoms with Crippen molar-refractivity contribution in [2.75, 3.05) is 19.4 Å². The first-order valence-corrected chi connectivity index (χ1v) is 13.6. The maximum atomic E-state index is 13.0. The standard InChI is InChI=1S/C25H38N2O7S/c1-17(23(33-6)21-8-7-13-27(21)24(30)34-25(3,4)5)22(29)16-35(31,32)15-20-11-9-19(10-12-20)14-26-18(2)28/h9-12,17,21,23H,7-8,13-16H2,1-6H3,(H,26,28)/t17-,21-,23+/m0/s1. The van der Waals surface area contributed by atoms with Crippen LogP contribution in [-0.2, 0) is 41.2 Å². The lowest BCUT2D eigenvalue weighted by atomic mass is 9.93. The molecule has 3 atom stereocenters. The molecule has 1 N–H and O–H groups in total. The molecule has 0 aromatic heterocycles. The molecule has 0 spiro atoms. The van der Waals surface area contributed by atoms with E-state index in [2.05, 4.69) is 5.32 Å². The fourth-order valence-electron chi connectivity index (χ4n) is 4.19. The minimum absolute atomic E-state index is 0.148. The Hall–Kier alpha value is -2.46. The Morgan fingerprint density at radius 2 is 1.74 bits per heavy atom. The predicted molar refractivity (Wildman–Crippen MR) is 132 cm³/mol. The molecule has 0 radical (unpaired) electrons. The van der Waals surface area contributed by atoms with E-state index in [1.165, 1.54) is 14.0 Å². The molecule has 1 aliphatic rings. The summed E-state index contributed by atoms with van der Waals surface area (Å²) in [6, 6.07) is 6.48. The molecule has 35 heavy (non-hydrogen) atoms. The van der Waals surface area contributed by atoms with E-state index in [0.717, 1.165) is 12.0 Å². The van der Waals surface area contributed by atoms with Crippen LogP contribution in [0, 0.1) is 5.92 Å². The van der Waals surface area contributed by atoms with Gasteiger partial charge in [0.25, 0.3) is 0 Å². The second-order valence-electron chi connectivity index (χ2n) is 10.1. The van der Waals surface area contributed by atoms with E-state index in [4.69, 9.17) is 9.47 Å². The van der Waals surface area contributed by atoms with E-state index in [9.17, 15) is 22.8 Å². The summed E-state index contributed by atoms with van der Waals surface area (Å²) in [5, 5.41) is 2.68. The lowest BCUT2D eigenvalue weighted by Crippen LogP contribution is -2.49. The number of hydrogen-bond donors (Lipinski definition) is 1. The highest BCUT2D eigenvalue weighted by atomic mass is 32.2. The van der Waals surface area contributed by atoms with Crippen LogP contribution in [0.5, 0.6) is 0 Å². The zero-order chi connectivity index (χ0) is 26.4. The number of amides is 2. The molecule has 1 saturated heterocycles. The van der Waals surface area contributed by atoms with Gasteiger partial charge < -0.3 is 19.7 Å². The monoisotopic (exact) mass is 510 g/mol. The summed E-state index contributed by atoms with van der Waals surface area (Å²) in [6.45, 7) is 9.30. The third-order valence-corrected chi connectivity index (χ3v) is 7.39. The van der Waals surface area contributed by atoms with E-state index in [1.54, 1.807) is 56.9 Å². The van der Waals surface area contributed by atoms with Crippen molar-refractivity contribution >= 4 is 27.6 Å². The number of sulfone groups is 1. The highest BCUT2D eigenvalue weighted by Crippen LogP contribution is 2.28. The number of hydrogen-bond acceptors (Lipinski definition) is 7. The molecule has 1 aromatic carbocycles. The molecule has 0 bridgehead atoms. The first kappa shape index (κ1) is 28.8. The fraction of sp³-hybridized carbons (Fsp3) is 0.640. The molecular formula is C25H38N2O7S. The van der Waals surface area contributed by atoms with Gasteiger partial charge in [-0.05, 0) is 44.7 Å². The average Bonchev–Trinajstić information content (AvgIpc) is 3.21. The Kier molecular flexibility index (Phi) is 9.85. The van der Waals surface area contributed by atoms with Crippen LogP contribution in [0.2, 0.25) is 0 Å². The van der Waals surface area contributed by atoms with Gasteiger partial charge in [0.05, 0.1) is 17.9 Å². The summed E-state index contributed by atoms with van der Waals surface area (Å²) in [4.78, 5) is 38.3. The van der Waals surface area contributed by atoms with E-state index >= 15 is 0 Å². The average molecular weight is 511 g/mol. The molecule has 0 unspecified atom stereocenters. The van der Waals surface area contributed by atoms with Gasteiger partial charge in [0, 0.05) is 33.0 Å². The topological polar surface area (TPSA) is 119 Å². The van der Waals surface area contributed by atoms with Crippen LogP contribution < -0.4 is 5.32 Å². The van der Waals surface area contributed by atoms with Crippen LogP contribution in [-0.4, -0.2) is 68.3 Å². The van der Waals surface area contributed by atoms with Gasteiger partial charge in [0.15, 0.2) is 15.6 Å². The highest BCUT2D eigenvalue weighted by Gasteiger charge is 2.41. The Morgan fingerprint density at radius 1 is 1.14 bits per heavy atom. The van der Waals surface area contributed by atoms with E-state index in [1.807, 2.05) is 0 Å². The van der Waals surface area contributed by atoms with Crippen LogP contribution in [0.25, 0.3) is 0 Å². The fourth-order valence-corrected chi connectivity index (χ4v) is 5.69. The summed E-state index contributed by atoms with van der Waals surface area (Å²) in [5.41, 5.74) is 0.761. The van der Waals surface area contributed by atoms with Crippen molar-refractivity contribution in [3.05, 3.63) is 35.4 Å². The van der Waals surface area contributed by atoms with Crippen molar-refractivity contribution in [1.82, 2.24) is 10.2 Å². The molecule has 0 saturated carbocycles. The molecule has 0 aliphatic carbocycles. The predicted octanol–water partition coefficient (Wildman–Crippen LogP) is 2.86. The minimum atomic E-state index is -3.72. The quantitative estimate of drug-likeness (QED) is 0.514. The molecule has 1 aliphatic heterocycles. The Morgan fingerprint density at radius 3 is 2.29 bits per heavy atom. The lowest BCUT2D eigenvalue weighted by molar-refractivity contribution is -0.126. The van der Waals surface area contributed by atoms with Gasteiger partial charge in [0.1, 0.15) is 11.4 Å². The van der Waals surface area contributed by atoms with Gasteiger partial charge in [-0.15, -0.1) is 0 Å². The maximum Gasteiger partial charge on any atom is 0.410 e.